The molecule has 4 aromatic carbocycles. The maximum Gasteiger partial charge on any atom is 0.355 e. The first kappa shape index (κ1) is 46.4. The van der Waals surface area contributed by atoms with Gasteiger partial charge < -0.3 is 19.6 Å². The van der Waals surface area contributed by atoms with Gasteiger partial charge in [0.25, 0.3) is 5.91 Å². The molecule has 3 aromatic heterocycles. The highest BCUT2D eigenvalue weighted by molar-refractivity contribution is 7.22. The van der Waals surface area contributed by atoms with Crippen molar-refractivity contribution in [1.82, 2.24) is 30.0 Å². The number of hydrogen-bond acceptors (Lipinski definition) is 11. The molecule has 0 radical (unpaired) electrons. The molecular formula is C56H58N8O6S. The van der Waals surface area contributed by atoms with E-state index < -0.39 is 11.9 Å². The number of thiazole rings is 1. The normalized spacial score (nSPS) is 20.6. The van der Waals surface area contributed by atoms with Crippen molar-refractivity contribution < 1.29 is 29.0 Å². The van der Waals surface area contributed by atoms with Crippen molar-refractivity contribution in [3.05, 3.63) is 130 Å². The second kappa shape index (κ2) is 19.7. The molecule has 11 rings (SSSR count). The van der Waals surface area contributed by atoms with Crippen molar-refractivity contribution in [3.63, 3.8) is 0 Å². The number of nitrogens with one attached hydrogen (secondary N) is 2. The molecule has 71 heavy (non-hydrogen) atoms. The van der Waals surface area contributed by atoms with Gasteiger partial charge in [0.15, 0.2) is 10.8 Å². The number of ether oxygens (including phenoxy) is 1. The van der Waals surface area contributed by atoms with Crippen molar-refractivity contribution in [2.24, 2.45) is 13.0 Å². The molecule has 2 unspecified atom stereocenters. The number of anilines is 2. The first-order valence-electron chi connectivity index (χ1n) is 25.1. The van der Waals surface area contributed by atoms with Gasteiger partial charge in [-0.2, -0.15) is 5.10 Å². The van der Waals surface area contributed by atoms with Crippen molar-refractivity contribution >= 4 is 67.1 Å². The van der Waals surface area contributed by atoms with E-state index in [4.69, 9.17) is 14.8 Å². The summed E-state index contributed by atoms with van der Waals surface area (Å²) in [4.78, 5) is 65.1. The van der Waals surface area contributed by atoms with E-state index in [1.54, 1.807) is 0 Å². The van der Waals surface area contributed by atoms with Crippen LogP contribution in [0.4, 0.5) is 10.9 Å². The summed E-state index contributed by atoms with van der Waals surface area (Å²) in [5.74, 6) is 0.181. The second-order valence-electron chi connectivity index (χ2n) is 19.8. The average Bonchev–Trinajstić information content (AvgIpc) is 4.11. The molecule has 3 amide bonds. The molecule has 1 saturated carbocycles. The average molecular weight is 971 g/mol. The van der Waals surface area contributed by atoms with Crippen LogP contribution in [0, 0.1) is 12.8 Å². The number of carbonyl (C=O) groups excluding carboxylic acids is 3. The molecule has 3 aliphatic heterocycles. The first-order chi connectivity index (χ1) is 34.5. The van der Waals surface area contributed by atoms with E-state index in [2.05, 4.69) is 38.7 Å². The minimum Gasteiger partial charge on any atom is -0.490 e. The second-order valence-corrected chi connectivity index (χ2v) is 20.8. The van der Waals surface area contributed by atoms with Gasteiger partial charge in [-0.05, 0) is 154 Å². The molecule has 4 aliphatic rings. The number of nitrogens with zero attached hydrogens (tertiary/aromatic N) is 6. The van der Waals surface area contributed by atoms with E-state index in [9.17, 15) is 24.3 Å². The lowest BCUT2D eigenvalue weighted by atomic mass is 9.84. The van der Waals surface area contributed by atoms with Crippen LogP contribution in [-0.4, -0.2) is 85.7 Å². The van der Waals surface area contributed by atoms with Gasteiger partial charge >= 0.3 is 5.97 Å². The van der Waals surface area contributed by atoms with E-state index in [1.165, 1.54) is 23.3 Å². The van der Waals surface area contributed by atoms with Crippen molar-refractivity contribution in [2.45, 2.75) is 95.6 Å². The van der Waals surface area contributed by atoms with E-state index in [0.717, 1.165) is 113 Å². The predicted octanol–water partition coefficient (Wildman–Crippen LogP) is 9.79. The number of aryl methyl sites for hydroxylation is 1. The number of benzene rings is 4. The third-order valence-corrected chi connectivity index (χ3v) is 16.3. The lowest BCUT2D eigenvalue weighted by molar-refractivity contribution is -0.134. The Morgan fingerprint density at radius 3 is 2.54 bits per heavy atom. The number of aromatic nitrogens is 4. The lowest BCUT2D eigenvalue weighted by Crippen LogP contribution is -2.39. The van der Waals surface area contributed by atoms with Gasteiger partial charge in [0.05, 0.1) is 33.4 Å². The van der Waals surface area contributed by atoms with Crippen molar-refractivity contribution in [3.8, 4) is 16.9 Å². The predicted molar refractivity (Wildman–Crippen MR) is 275 cm³/mol. The number of likely N-dealkylation sites (tertiary alicyclic amines) is 1. The Kier molecular flexibility index (Phi) is 12.9. The van der Waals surface area contributed by atoms with E-state index >= 15 is 0 Å². The van der Waals surface area contributed by atoms with Crippen LogP contribution >= 0.6 is 11.3 Å². The number of hydrogen-bond donors (Lipinski definition) is 3. The van der Waals surface area contributed by atoms with E-state index in [-0.39, 0.29) is 29.5 Å². The molecule has 1 aliphatic carbocycles. The summed E-state index contributed by atoms with van der Waals surface area (Å²) in [6.45, 7) is 6.19. The van der Waals surface area contributed by atoms with Gasteiger partial charge in [-0.15, -0.1) is 0 Å². The SMILES string of the molecule is Cc1c(O[C@H]2CC[C@H](CCCN3CCC(c4cccc5c(C6CCC(=O)NC6=O)nn(C)c45)C3)CC2)cccc1-c1ccc(N2CCc3cccc(C(=O)Nc4nc5ccccc5s4)c3C2)nc1C(=O)O. The highest BCUT2D eigenvalue weighted by Crippen LogP contribution is 2.39. The molecule has 6 heterocycles. The summed E-state index contributed by atoms with van der Waals surface area (Å²) in [5.41, 5.74) is 8.73. The summed E-state index contributed by atoms with van der Waals surface area (Å²) in [7, 11) is 1.96. The van der Waals surface area contributed by atoms with Crippen LogP contribution in [-0.2, 0) is 29.6 Å². The molecule has 14 nitrogen and oxygen atoms in total. The number of carboxylic acid groups (broad SMARTS) is 1. The highest BCUT2D eigenvalue weighted by atomic mass is 32.1. The van der Waals surface area contributed by atoms with Gasteiger partial charge in [0.1, 0.15) is 11.6 Å². The lowest BCUT2D eigenvalue weighted by Gasteiger charge is -2.31. The molecule has 3 N–H and O–H groups in total. The van der Waals surface area contributed by atoms with Crippen molar-refractivity contribution in [1.29, 1.82) is 0 Å². The maximum absolute atomic E-state index is 13.7. The van der Waals surface area contributed by atoms with Gasteiger partial charge in [-0.1, -0.05) is 65.9 Å². The molecule has 2 atom stereocenters. The monoisotopic (exact) mass is 970 g/mol. The molecule has 3 fully saturated rings. The summed E-state index contributed by atoms with van der Waals surface area (Å²) < 4.78 is 9.63. The zero-order chi connectivity index (χ0) is 48.8. The van der Waals surface area contributed by atoms with Crippen LogP contribution in [0.3, 0.4) is 0 Å². The zero-order valence-corrected chi connectivity index (χ0v) is 41.0. The molecule has 7 aromatic rings. The Labute approximate surface area is 416 Å². The number of pyridine rings is 1. The number of carboxylic acids is 1. The fourth-order valence-corrected chi connectivity index (χ4v) is 12.5. The standard InChI is InChI=1S/C56H58N8O6S/c1-33-38(40-22-24-48(58-51(40)55(68)69)64-30-27-35-10-5-13-41(44(35)32-64)53(66)60-56-57-45-15-3-4-17-47(45)71-56)11-7-16-46(33)70-37-20-18-34(19-21-37)9-8-28-63-29-26-36(31-63)39-12-6-14-42-50(61-62(2)52(39)42)43-23-25-49(65)59-54(43)67/h3-7,10-17,22,24,34,36-37,43H,8-9,18-21,23,25-32H2,1-2H3,(H,68,69)(H,57,60,66)(H,59,65,67)/t34-,36?,37-,43?. The molecular weight excluding hydrogens is 913 g/mol. The largest absolute Gasteiger partial charge is 0.490 e. The van der Waals surface area contributed by atoms with Crippen LogP contribution in [0.2, 0.25) is 0 Å². The van der Waals surface area contributed by atoms with Crippen LogP contribution in [0.15, 0.2) is 91.0 Å². The van der Waals surface area contributed by atoms with Gasteiger partial charge in [-0.3, -0.25) is 29.7 Å². The maximum atomic E-state index is 13.7. The number of para-hydroxylation sites is 2. The molecule has 15 heteroatoms. The number of carbonyl (C=O) groups is 4. The van der Waals surface area contributed by atoms with E-state index in [0.29, 0.717) is 66.3 Å². The third-order valence-electron chi connectivity index (χ3n) is 15.4. The molecule has 0 spiro atoms. The number of fused-ring (bicyclic) bond motifs is 3. The number of aromatic carboxylic acids is 1. The Bertz CT molecular complexity index is 3180. The van der Waals surface area contributed by atoms with Crippen molar-refractivity contribution in [2.75, 3.05) is 36.4 Å². The summed E-state index contributed by atoms with van der Waals surface area (Å²) in [6.07, 6.45) is 9.26. The Hall–Kier alpha value is -6.97. The third kappa shape index (κ3) is 9.40. The number of rotatable bonds is 13. The minimum atomic E-state index is -1.10. The Balaban J connectivity index is 0.686. The number of amides is 3. The van der Waals surface area contributed by atoms with Crippen LogP contribution < -0.4 is 20.3 Å². The molecule has 2 saturated heterocycles. The Morgan fingerprint density at radius 1 is 0.873 bits per heavy atom. The van der Waals surface area contributed by atoms with Crippen LogP contribution in [0.1, 0.15) is 118 Å². The zero-order valence-electron chi connectivity index (χ0n) is 40.2. The fourth-order valence-electron chi connectivity index (χ4n) is 11.7. The fraction of sp³-hybridized carbons (Fsp3) is 0.375. The quantitative estimate of drug-likeness (QED) is 0.0940. The summed E-state index contributed by atoms with van der Waals surface area (Å²) in [5, 5.41) is 22.4. The highest BCUT2D eigenvalue weighted by Gasteiger charge is 2.34. The topological polar surface area (TPSA) is 172 Å². The Morgan fingerprint density at radius 2 is 1.70 bits per heavy atom. The van der Waals surface area contributed by atoms with Gasteiger partial charge in [-0.25, -0.2) is 14.8 Å². The smallest absolute Gasteiger partial charge is 0.355 e. The minimum absolute atomic E-state index is 0.0215. The summed E-state index contributed by atoms with van der Waals surface area (Å²) >= 11 is 1.44. The number of piperidine rings is 1. The van der Waals surface area contributed by atoms with Crippen LogP contribution in [0.5, 0.6) is 5.75 Å². The molecule has 364 valence electrons. The first-order valence-corrected chi connectivity index (χ1v) is 25.9. The van der Waals surface area contributed by atoms with Gasteiger partial charge in [0, 0.05) is 49.6 Å². The van der Waals surface area contributed by atoms with Gasteiger partial charge in [0.2, 0.25) is 11.8 Å². The summed E-state index contributed by atoms with van der Waals surface area (Å²) in [6, 6.07) is 29.6. The van der Waals surface area contributed by atoms with Crippen LogP contribution in [0.25, 0.3) is 32.2 Å². The van der Waals surface area contributed by atoms with E-state index in [1.807, 2.05) is 96.3 Å². The molecule has 0 bridgehead atoms. The number of imide groups is 1.